The summed E-state index contributed by atoms with van der Waals surface area (Å²) in [6.07, 6.45) is 9.31. The summed E-state index contributed by atoms with van der Waals surface area (Å²) in [5, 5.41) is 3.11. The minimum atomic E-state index is 0.0482. The van der Waals surface area contributed by atoms with Gasteiger partial charge in [-0.1, -0.05) is 0 Å². The quantitative estimate of drug-likeness (QED) is 0.918. The molecule has 0 radical (unpaired) electrons. The van der Waals surface area contributed by atoms with E-state index in [1.54, 1.807) is 30.9 Å². The van der Waals surface area contributed by atoms with Crippen molar-refractivity contribution in [2.45, 2.75) is 25.3 Å². The van der Waals surface area contributed by atoms with E-state index in [1.165, 1.54) is 0 Å². The molecule has 1 fully saturated rings. The fourth-order valence-electron chi connectivity index (χ4n) is 2.70. The molecule has 0 bridgehead atoms. The zero-order valence-electron chi connectivity index (χ0n) is 12.4. The van der Waals surface area contributed by atoms with Crippen LogP contribution in [0.1, 0.15) is 18.4 Å². The zero-order valence-corrected chi connectivity index (χ0v) is 12.4. The van der Waals surface area contributed by atoms with E-state index in [0.717, 1.165) is 37.4 Å². The second-order valence-corrected chi connectivity index (χ2v) is 5.43. The Kier molecular flexibility index (Phi) is 4.58. The fourth-order valence-corrected chi connectivity index (χ4v) is 2.70. The number of amides is 1. The lowest BCUT2D eigenvalue weighted by Gasteiger charge is -2.33. The highest BCUT2D eigenvalue weighted by molar-refractivity contribution is 5.78. The molecule has 1 unspecified atom stereocenters. The van der Waals surface area contributed by atoms with Gasteiger partial charge in [-0.2, -0.15) is 0 Å². The number of pyridine rings is 1. The van der Waals surface area contributed by atoms with Crippen molar-refractivity contribution in [1.82, 2.24) is 20.3 Å². The maximum Gasteiger partial charge on any atom is 0.225 e. The van der Waals surface area contributed by atoms with Crippen molar-refractivity contribution >= 4 is 11.9 Å². The molecule has 1 aliphatic heterocycles. The Morgan fingerprint density at radius 2 is 2.00 bits per heavy atom. The van der Waals surface area contributed by atoms with Crippen LogP contribution in [-0.4, -0.2) is 40.0 Å². The van der Waals surface area contributed by atoms with Crippen LogP contribution < -0.4 is 10.2 Å². The van der Waals surface area contributed by atoms with Gasteiger partial charge in [0.05, 0.1) is 6.42 Å². The van der Waals surface area contributed by atoms with Crippen molar-refractivity contribution in [1.29, 1.82) is 0 Å². The molecular formula is C16H19N5O. The van der Waals surface area contributed by atoms with Crippen LogP contribution in [0.4, 0.5) is 5.95 Å². The van der Waals surface area contributed by atoms with Crippen molar-refractivity contribution < 1.29 is 4.79 Å². The SMILES string of the molecule is O=C(Cc1ccncc1)NC1CCCN(c2ncccn2)C1. The summed E-state index contributed by atoms with van der Waals surface area (Å²) in [5.74, 6) is 0.780. The van der Waals surface area contributed by atoms with Crippen LogP contribution in [0.25, 0.3) is 0 Å². The lowest BCUT2D eigenvalue weighted by atomic mass is 10.1. The van der Waals surface area contributed by atoms with E-state index in [2.05, 4.69) is 25.2 Å². The average Bonchev–Trinajstić information content (AvgIpc) is 2.57. The molecule has 1 saturated heterocycles. The van der Waals surface area contributed by atoms with Crippen LogP contribution >= 0.6 is 0 Å². The Morgan fingerprint density at radius 1 is 1.23 bits per heavy atom. The Balaban J connectivity index is 1.55. The van der Waals surface area contributed by atoms with Gasteiger partial charge in [-0.15, -0.1) is 0 Å². The predicted octanol–water partition coefficient (Wildman–Crippen LogP) is 1.20. The smallest absolute Gasteiger partial charge is 0.225 e. The molecule has 3 heterocycles. The fraction of sp³-hybridized carbons (Fsp3) is 0.375. The highest BCUT2D eigenvalue weighted by atomic mass is 16.1. The lowest BCUT2D eigenvalue weighted by molar-refractivity contribution is -0.121. The van der Waals surface area contributed by atoms with Crippen LogP contribution in [0.2, 0.25) is 0 Å². The third kappa shape index (κ3) is 3.78. The summed E-state index contributed by atoms with van der Waals surface area (Å²) < 4.78 is 0. The third-order valence-corrected chi connectivity index (χ3v) is 3.74. The molecule has 0 aliphatic carbocycles. The largest absolute Gasteiger partial charge is 0.351 e. The molecular weight excluding hydrogens is 278 g/mol. The second-order valence-electron chi connectivity index (χ2n) is 5.43. The van der Waals surface area contributed by atoms with Crippen LogP contribution in [0, 0.1) is 0 Å². The monoisotopic (exact) mass is 297 g/mol. The molecule has 22 heavy (non-hydrogen) atoms. The van der Waals surface area contributed by atoms with E-state index in [0.29, 0.717) is 6.42 Å². The van der Waals surface area contributed by atoms with Crippen molar-refractivity contribution in [3.05, 3.63) is 48.5 Å². The average molecular weight is 297 g/mol. The number of rotatable bonds is 4. The molecule has 3 rings (SSSR count). The maximum absolute atomic E-state index is 12.1. The summed E-state index contributed by atoms with van der Waals surface area (Å²) in [6.45, 7) is 1.69. The number of hydrogen-bond donors (Lipinski definition) is 1. The van der Waals surface area contributed by atoms with Gasteiger partial charge in [-0.25, -0.2) is 9.97 Å². The van der Waals surface area contributed by atoms with Gasteiger partial charge in [0.2, 0.25) is 11.9 Å². The maximum atomic E-state index is 12.1. The molecule has 0 saturated carbocycles. The van der Waals surface area contributed by atoms with Crippen LogP contribution in [-0.2, 0) is 11.2 Å². The van der Waals surface area contributed by atoms with Gasteiger partial charge in [0.15, 0.2) is 0 Å². The summed E-state index contributed by atoms with van der Waals surface area (Å²) in [5.41, 5.74) is 0.978. The number of carbonyl (C=O) groups is 1. The lowest BCUT2D eigenvalue weighted by Crippen LogP contribution is -2.48. The number of aromatic nitrogens is 3. The first-order valence-electron chi connectivity index (χ1n) is 7.51. The van der Waals surface area contributed by atoms with Crippen molar-refractivity contribution in [2.75, 3.05) is 18.0 Å². The summed E-state index contributed by atoms with van der Waals surface area (Å²) >= 11 is 0. The van der Waals surface area contributed by atoms with E-state index in [4.69, 9.17) is 0 Å². The molecule has 0 spiro atoms. The molecule has 1 atom stereocenters. The minimum Gasteiger partial charge on any atom is -0.351 e. The Labute approximate surface area is 129 Å². The van der Waals surface area contributed by atoms with Gasteiger partial charge in [0, 0.05) is 43.9 Å². The zero-order chi connectivity index (χ0) is 15.2. The molecule has 0 aromatic carbocycles. The Hall–Kier alpha value is -2.50. The predicted molar refractivity (Wildman–Crippen MR) is 83.4 cm³/mol. The van der Waals surface area contributed by atoms with E-state index < -0.39 is 0 Å². The highest BCUT2D eigenvalue weighted by Crippen LogP contribution is 2.15. The molecule has 2 aromatic rings. The molecule has 114 valence electrons. The number of nitrogens with one attached hydrogen (secondary N) is 1. The first kappa shape index (κ1) is 14.4. The van der Waals surface area contributed by atoms with Gasteiger partial charge in [0.1, 0.15) is 0 Å². The van der Waals surface area contributed by atoms with Crippen LogP contribution in [0.15, 0.2) is 43.0 Å². The van der Waals surface area contributed by atoms with Crippen molar-refractivity contribution in [3.63, 3.8) is 0 Å². The Bertz CT molecular complexity index is 604. The number of hydrogen-bond acceptors (Lipinski definition) is 5. The molecule has 1 amide bonds. The normalized spacial score (nSPS) is 18.0. The number of nitrogens with zero attached hydrogens (tertiary/aromatic N) is 4. The Morgan fingerprint density at radius 3 is 2.77 bits per heavy atom. The van der Waals surface area contributed by atoms with E-state index in [-0.39, 0.29) is 11.9 Å². The summed E-state index contributed by atoms with van der Waals surface area (Å²) in [6, 6.07) is 5.68. The number of piperidine rings is 1. The first-order chi connectivity index (χ1) is 10.8. The molecule has 6 nitrogen and oxygen atoms in total. The second kappa shape index (κ2) is 6.98. The topological polar surface area (TPSA) is 71.0 Å². The molecule has 2 aromatic heterocycles. The van der Waals surface area contributed by atoms with Crippen LogP contribution in [0.5, 0.6) is 0 Å². The van der Waals surface area contributed by atoms with Gasteiger partial charge in [-0.05, 0) is 36.6 Å². The van der Waals surface area contributed by atoms with Crippen molar-refractivity contribution in [2.24, 2.45) is 0 Å². The van der Waals surface area contributed by atoms with Gasteiger partial charge >= 0.3 is 0 Å². The minimum absolute atomic E-state index is 0.0482. The molecule has 1 aliphatic rings. The van der Waals surface area contributed by atoms with E-state index in [9.17, 15) is 4.79 Å². The van der Waals surface area contributed by atoms with Gasteiger partial charge < -0.3 is 10.2 Å². The van der Waals surface area contributed by atoms with E-state index >= 15 is 0 Å². The van der Waals surface area contributed by atoms with Gasteiger partial charge in [-0.3, -0.25) is 9.78 Å². The standard InChI is InChI=1S/C16H19N5O/c22-15(11-13-4-8-17-9-5-13)20-14-3-1-10-21(12-14)16-18-6-2-7-19-16/h2,4-9,14H,1,3,10-12H2,(H,20,22). The number of anilines is 1. The van der Waals surface area contributed by atoms with Gasteiger partial charge in [0.25, 0.3) is 0 Å². The first-order valence-corrected chi connectivity index (χ1v) is 7.51. The summed E-state index contributed by atoms with van der Waals surface area (Å²) in [4.78, 5) is 26.8. The number of carbonyl (C=O) groups excluding carboxylic acids is 1. The molecule has 6 heteroatoms. The summed E-state index contributed by atoms with van der Waals surface area (Å²) in [7, 11) is 0. The van der Waals surface area contributed by atoms with E-state index in [1.807, 2.05) is 12.1 Å². The highest BCUT2D eigenvalue weighted by Gasteiger charge is 2.22. The molecule has 1 N–H and O–H groups in total. The van der Waals surface area contributed by atoms with Crippen LogP contribution in [0.3, 0.4) is 0 Å². The van der Waals surface area contributed by atoms with Crippen molar-refractivity contribution in [3.8, 4) is 0 Å². The third-order valence-electron chi connectivity index (χ3n) is 3.74.